The molecule has 0 radical (unpaired) electrons. The van der Waals surface area contributed by atoms with E-state index >= 15 is 0 Å². The smallest absolute Gasteiger partial charge is 0.338 e. The quantitative estimate of drug-likeness (QED) is 0.489. The van der Waals surface area contributed by atoms with Crippen LogP contribution in [0.1, 0.15) is 21.6 Å². The first-order chi connectivity index (χ1) is 9.49. The normalized spacial score (nSPS) is 10.3. The van der Waals surface area contributed by atoms with Crippen LogP contribution in [-0.2, 0) is 11.3 Å². The molecule has 0 aliphatic carbocycles. The molecular weight excluding hydrogens is 306 g/mol. The lowest BCUT2D eigenvalue weighted by Crippen LogP contribution is -2.06. The van der Waals surface area contributed by atoms with Crippen LogP contribution >= 0.6 is 23.1 Å². The second-order valence-corrected chi connectivity index (χ2v) is 5.18. The zero-order valence-corrected chi connectivity index (χ0v) is 11.8. The third-order valence-corrected chi connectivity index (χ3v) is 3.48. The summed E-state index contributed by atoms with van der Waals surface area (Å²) in [6, 6.07) is 4.14. The molecule has 104 valence electrons. The van der Waals surface area contributed by atoms with Gasteiger partial charge in [0.1, 0.15) is 16.6 Å². The van der Waals surface area contributed by atoms with Crippen LogP contribution in [0, 0.1) is 17.0 Å². The number of nitro benzene ring substituents is 1. The number of hydrogen-bond donors (Lipinski definition) is 0. The van der Waals surface area contributed by atoms with Gasteiger partial charge >= 0.3 is 5.97 Å². The second-order valence-electron chi connectivity index (χ2n) is 3.83. The highest BCUT2D eigenvalue weighted by atomic mass is 35.5. The number of benzene rings is 1. The Morgan fingerprint density at radius 2 is 2.30 bits per heavy atom. The Balaban J connectivity index is 2.12. The van der Waals surface area contributed by atoms with Gasteiger partial charge in [-0.15, -0.1) is 5.10 Å². The molecule has 1 heterocycles. The molecule has 9 heteroatoms. The maximum atomic E-state index is 11.8. The first kappa shape index (κ1) is 14.4. The summed E-state index contributed by atoms with van der Waals surface area (Å²) in [5.74, 6) is -0.683. The van der Waals surface area contributed by atoms with Crippen LogP contribution in [0.25, 0.3) is 0 Å². The molecule has 1 aromatic carbocycles. The van der Waals surface area contributed by atoms with Crippen LogP contribution in [0.4, 0.5) is 5.69 Å². The lowest BCUT2D eigenvalue weighted by atomic mass is 10.1. The summed E-state index contributed by atoms with van der Waals surface area (Å²) >= 11 is 6.75. The summed E-state index contributed by atoms with van der Waals surface area (Å²) in [4.78, 5) is 22.1. The molecule has 0 spiro atoms. The molecule has 20 heavy (non-hydrogen) atoms. The number of aromatic nitrogens is 2. The standard InChI is InChI=1S/C11H8ClN3O4S/c1-6-2-3-7(4-9(6)15(17)18)11(16)19-5-8-10(12)20-14-13-8/h2-4H,5H2,1H3. The predicted octanol–water partition coefficient (Wildman–Crippen LogP) is 2.77. The summed E-state index contributed by atoms with van der Waals surface area (Å²) in [5.41, 5.74) is 0.791. The van der Waals surface area contributed by atoms with Gasteiger partial charge in [-0.25, -0.2) is 4.79 Å². The van der Waals surface area contributed by atoms with Gasteiger partial charge in [0.05, 0.1) is 10.5 Å². The molecule has 0 bridgehead atoms. The van der Waals surface area contributed by atoms with Gasteiger partial charge in [-0.05, 0) is 13.0 Å². The van der Waals surface area contributed by atoms with E-state index < -0.39 is 10.9 Å². The van der Waals surface area contributed by atoms with Crippen LogP contribution in [0.3, 0.4) is 0 Å². The molecule has 0 atom stereocenters. The second kappa shape index (κ2) is 5.93. The van der Waals surface area contributed by atoms with Gasteiger partial charge in [0.25, 0.3) is 5.69 Å². The van der Waals surface area contributed by atoms with Crippen molar-refractivity contribution < 1.29 is 14.5 Å². The van der Waals surface area contributed by atoms with Crippen molar-refractivity contribution in [2.45, 2.75) is 13.5 Å². The molecule has 0 amide bonds. The van der Waals surface area contributed by atoms with E-state index in [0.717, 1.165) is 11.5 Å². The third-order valence-electron chi connectivity index (χ3n) is 2.49. The number of aryl methyl sites for hydroxylation is 1. The number of ether oxygens (including phenoxy) is 1. The van der Waals surface area contributed by atoms with Crippen molar-refractivity contribution in [1.29, 1.82) is 0 Å². The molecule has 2 aromatic rings. The van der Waals surface area contributed by atoms with Crippen molar-refractivity contribution >= 4 is 34.8 Å². The van der Waals surface area contributed by atoms with Gasteiger partial charge in [0, 0.05) is 23.2 Å². The van der Waals surface area contributed by atoms with Crippen molar-refractivity contribution in [3.05, 3.63) is 49.5 Å². The number of rotatable bonds is 4. The molecular formula is C11H8ClN3O4S. The summed E-state index contributed by atoms with van der Waals surface area (Å²) < 4.78 is 8.93. The Bertz CT molecular complexity index is 673. The number of nitro groups is 1. The van der Waals surface area contributed by atoms with Crippen LogP contribution in [0.2, 0.25) is 4.34 Å². The molecule has 7 nitrogen and oxygen atoms in total. The van der Waals surface area contributed by atoms with Gasteiger partial charge in [-0.3, -0.25) is 10.1 Å². The van der Waals surface area contributed by atoms with E-state index in [2.05, 4.69) is 9.59 Å². The minimum Gasteiger partial charge on any atom is -0.455 e. The monoisotopic (exact) mass is 313 g/mol. The molecule has 0 saturated carbocycles. The van der Waals surface area contributed by atoms with Gasteiger partial charge in [-0.1, -0.05) is 22.2 Å². The summed E-state index contributed by atoms with van der Waals surface area (Å²) in [5, 5.41) is 14.5. The highest BCUT2D eigenvalue weighted by molar-refractivity contribution is 7.10. The number of esters is 1. The molecule has 2 rings (SSSR count). The minimum atomic E-state index is -0.683. The summed E-state index contributed by atoms with van der Waals surface area (Å²) in [6.07, 6.45) is 0. The predicted molar refractivity (Wildman–Crippen MR) is 71.9 cm³/mol. The van der Waals surface area contributed by atoms with Gasteiger partial charge in [0.2, 0.25) is 0 Å². The first-order valence-electron chi connectivity index (χ1n) is 5.38. The van der Waals surface area contributed by atoms with Gasteiger partial charge in [-0.2, -0.15) is 0 Å². The number of halogens is 1. The highest BCUT2D eigenvalue weighted by Gasteiger charge is 2.17. The Morgan fingerprint density at radius 1 is 1.55 bits per heavy atom. The fourth-order valence-corrected chi connectivity index (χ4v) is 2.03. The number of carbonyl (C=O) groups is 1. The van der Waals surface area contributed by atoms with E-state index in [1.54, 1.807) is 6.92 Å². The number of nitrogens with zero attached hydrogens (tertiary/aromatic N) is 3. The van der Waals surface area contributed by atoms with Crippen molar-refractivity contribution in [2.75, 3.05) is 0 Å². The topological polar surface area (TPSA) is 95.2 Å². The SMILES string of the molecule is Cc1ccc(C(=O)OCc2nnsc2Cl)cc1[N+](=O)[O-]. The Kier molecular flexibility index (Phi) is 4.26. The fourth-order valence-electron chi connectivity index (χ4n) is 1.43. The van der Waals surface area contributed by atoms with Crippen molar-refractivity contribution in [2.24, 2.45) is 0 Å². The summed E-state index contributed by atoms with van der Waals surface area (Å²) in [6.45, 7) is 1.46. The molecule has 0 aliphatic heterocycles. The molecule has 0 N–H and O–H groups in total. The Labute approximate surface area is 122 Å². The molecule has 0 saturated heterocycles. The van der Waals surface area contributed by atoms with Crippen LogP contribution in [0.15, 0.2) is 18.2 Å². The maximum absolute atomic E-state index is 11.8. The van der Waals surface area contributed by atoms with Crippen LogP contribution in [0.5, 0.6) is 0 Å². The lowest BCUT2D eigenvalue weighted by Gasteiger charge is -2.04. The van der Waals surface area contributed by atoms with Gasteiger partial charge < -0.3 is 4.74 Å². The number of carbonyl (C=O) groups excluding carboxylic acids is 1. The van der Waals surface area contributed by atoms with Crippen molar-refractivity contribution in [3.63, 3.8) is 0 Å². The summed E-state index contributed by atoms with van der Waals surface area (Å²) in [7, 11) is 0. The van der Waals surface area contributed by atoms with Crippen molar-refractivity contribution in [3.8, 4) is 0 Å². The molecule has 0 fully saturated rings. The highest BCUT2D eigenvalue weighted by Crippen LogP contribution is 2.21. The van der Waals surface area contributed by atoms with E-state index in [1.807, 2.05) is 0 Å². The molecule has 1 aromatic heterocycles. The number of hydrogen-bond acceptors (Lipinski definition) is 7. The van der Waals surface area contributed by atoms with E-state index in [1.165, 1.54) is 18.2 Å². The van der Waals surface area contributed by atoms with E-state index in [0.29, 0.717) is 15.6 Å². The minimum absolute atomic E-state index is 0.0987. The van der Waals surface area contributed by atoms with Gasteiger partial charge in [0.15, 0.2) is 0 Å². The largest absolute Gasteiger partial charge is 0.455 e. The maximum Gasteiger partial charge on any atom is 0.338 e. The average Bonchev–Trinajstić information content (AvgIpc) is 2.81. The Hall–Kier alpha value is -2.06. The first-order valence-corrected chi connectivity index (χ1v) is 6.53. The van der Waals surface area contributed by atoms with E-state index in [-0.39, 0.29) is 17.9 Å². The molecule has 0 aliphatic rings. The average molecular weight is 314 g/mol. The van der Waals surface area contributed by atoms with Crippen LogP contribution < -0.4 is 0 Å². The Morgan fingerprint density at radius 3 is 2.90 bits per heavy atom. The van der Waals surface area contributed by atoms with Crippen LogP contribution in [-0.4, -0.2) is 20.5 Å². The zero-order valence-electron chi connectivity index (χ0n) is 10.2. The van der Waals surface area contributed by atoms with Crippen molar-refractivity contribution in [1.82, 2.24) is 9.59 Å². The molecule has 0 unspecified atom stereocenters. The zero-order chi connectivity index (χ0) is 14.7. The van der Waals surface area contributed by atoms with E-state index in [9.17, 15) is 14.9 Å². The lowest BCUT2D eigenvalue weighted by molar-refractivity contribution is -0.385. The third kappa shape index (κ3) is 3.09. The fraction of sp³-hybridized carbons (Fsp3) is 0.182. The van der Waals surface area contributed by atoms with E-state index in [4.69, 9.17) is 16.3 Å².